The first kappa shape index (κ1) is 11.0. The van der Waals surface area contributed by atoms with E-state index in [2.05, 4.69) is 22.0 Å². The molecule has 0 aromatic carbocycles. The lowest BCUT2D eigenvalue weighted by molar-refractivity contribution is 0.290. The van der Waals surface area contributed by atoms with Gasteiger partial charge in [-0.2, -0.15) is 0 Å². The van der Waals surface area contributed by atoms with Crippen molar-refractivity contribution >= 4 is 5.69 Å². The third-order valence-electron chi connectivity index (χ3n) is 2.16. The summed E-state index contributed by atoms with van der Waals surface area (Å²) < 4.78 is 0. The smallest absolute Gasteiger partial charge is 0.0447 e. The molecular formula is C11H18N2O. The number of aliphatic hydroxyl groups is 1. The lowest BCUT2D eigenvalue weighted by atomic mass is 10.2. The molecule has 1 rings (SSSR count). The fourth-order valence-electron chi connectivity index (χ4n) is 1.47. The van der Waals surface area contributed by atoms with Crippen LogP contribution in [0.1, 0.15) is 17.8 Å². The number of aromatic nitrogens is 1. The van der Waals surface area contributed by atoms with Crippen molar-refractivity contribution in [3.63, 3.8) is 0 Å². The van der Waals surface area contributed by atoms with Gasteiger partial charge >= 0.3 is 0 Å². The first-order valence-electron chi connectivity index (χ1n) is 4.91. The Morgan fingerprint density at radius 2 is 1.86 bits per heavy atom. The zero-order valence-electron chi connectivity index (χ0n) is 9.12. The first-order valence-corrected chi connectivity index (χ1v) is 4.91. The van der Waals surface area contributed by atoms with E-state index in [0.29, 0.717) is 0 Å². The molecule has 3 heteroatoms. The fourth-order valence-corrected chi connectivity index (χ4v) is 1.47. The quantitative estimate of drug-likeness (QED) is 0.789. The summed E-state index contributed by atoms with van der Waals surface area (Å²) in [6.45, 7) is 5.11. The molecule has 0 unspecified atom stereocenters. The molecule has 0 spiro atoms. The average Bonchev–Trinajstić information content (AvgIpc) is 2.12. The van der Waals surface area contributed by atoms with Gasteiger partial charge in [-0.1, -0.05) is 0 Å². The highest BCUT2D eigenvalue weighted by atomic mass is 16.3. The highest BCUT2D eigenvalue weighted by Crippen LogP contribution is 2.14. The van der Waals surface area contributed by atoms with Crippen LogP contribution in [0.25, 0.3) is 0 Å². The first-order chi connectivity index (χ1) is 6.63. The van der Waals surface area contributed by atoms with Crippen LogP contribution in [-0.4, -0.2) is 30.3 Å². The van der Waals surface area contributed by atoms with Crippen LogP contribution in [0.3, 0.4) is 0 Å². The number of rotatable bonds is 4. The van der Waals surface area contributed by atoms with Crippen LogP contribution in [0, 0.1) is 13.8 Å². The molecule has 14 heavy (non-hydrogen) atoms. The summed E-state index contributed by atoms with van der Waals surface area (Å²) >= 11 is 0. The fraction of sp³-hybridized carbons (Fsp3) is 0.545. The second-order valence-corrected chi connectivity index (χ2v) is 3.61. The summed E-state index contributed by atoms with van der Waals surface area (Å²) in [5.41, 5.74) is 3.25. The number of nitrogens with zero attached hydrogens (tertiary/aromatic N) is 2. The molecule has 0 amide bonds. The van der Waals surface area contributed by atoms with Crippen LogP contribution in [-0.2, 0) is 0 Å². The van der Waals surface area contributed by atoms with Gasteiger partial charge in [-0.15, -0.1) is 0 Å². The standard InChI is InChI=1S/C11H18N2O/c1-9-7-11(8-10(2)12-9)13(3)5-4-6-14/h7-8,14H,4-6H2,1-3H3. The Kier molecular flexibility index (Phi) is 3.89. The molecule has 0 aliphatic rings. The van der Waals surface area contributed by atoms with Crippen LogP contribution in [0.5, 0.6) is 0 Å². The maximum Gasteiger partial charge on any atom is 0.0447 e. The minimum absolute atomic E-state index is 0.243. The molecule has 0 saturated carbocycles. The van der Waals surface area contributed by atoms with Gasteiger partial charge in [0.05, 0.1) is 0 Å². The van der Waals surface area contributed by atoms with Gasteiger partial charge in [0.25, 0.3) is 0 Å². The monoisotopic (exact) mass is 194 g/mol. The van der Waals surface area contributed by atoms with Crippen LogP contribution in [0.2, 0.25) is 0 Å². The molecule has 0 bridgehead atoms. The Morgan fingerprint density at radius 1 is 1.29 bits per heavy atom. The van der Waals surface area contributed by atoms with Crippen LogP contribution in [0.4, 0.5) is 5.69 Å². The zero-order valence-corrected chi connectivity index (χ0v) is 9.12. The molecule has 0 radical (unpaired) electrons. The normalized spacial score (nSPS) is 10.3. The molecule has 0 fully saturated rings. The summed E-state index contributed by atoms with van der Waals surface area (Å²) in [7, 11) is 2.03. The molecule has 0 aliphatic heterocycles. The summed E-state index contributed by atoms with van der Waals surface area (Å²) in [4.78, 5) is 6.46. The predicted octanol–water partition coefficient (Wildman–Crippen LogP) is 1.52. The van der Waals surface area contributed by atoms with Crippen LogP contribution in [0.15, 0.2) is 12.1 Å². The molecule has 1 N–H and O–H groups in total. The highest BCUT2D eigenvalue weighted by molar-refractivity contribution is 5.47. The van der Waals surface area contributed by atoms with E-state index in [1.54, 1.807) is 0 Å². The van der Waals surface area contributed by atoms with Gasteiger partial charge in [-0.3, -0.25) is 4.98 Å². The largest absolute Gasteiger partial charge is 0.396 e. The average molecular weight is 194 g/mol. The summed E-state index contributed by atoms with van der Waals surface area (Å²) in [6.07, 6.45) is 0.802. The summed E-state index contributed by atoms with van der Waals surface area (Å²) in [5, 5.41) is 8.73. The second-order valence-electron chi connectivity index (χ2n) is 3.61. The second kappa shape index (κ2) is 4.96. The molecule has 1 aromatic rings. The van der Waals surface area contributed by atoms with E-state index in [1.165, 1.54) is 5.69 Å². The lowest BCUT2D eigenvalue weighted by Crippen LogP contribution is -2.19. The molecule has 0 atom stereocenters. The lowest BCUT2D eigenvalue weighted by Gasteiger charge is -2.19. The maximum atomic E-state index is 8.73. The van der Waals surface area contributed by atoms with Crippen molar-refractivity contribution in [1.29, 1.82) is 0 Å². The molecular weight excluding hydrogens is 176 g/mol. The molecule has 1 aromatic heterocycles. The van der Waals surface area contributed by atoms with Crippen LogP contribution < -0.4 is 4.90 Å². The summed E-state index contributed by atoms with van der Waals surface area (Å²) in [5.74, 6) is 0. The SMILES string of the molecule is Cc1cc(N(C)CCCO)cc(C)n1. The van der Waals surface area contributed by atoms with E-state index in [-0.39, 0.29) is 6.61 Å². The van der Waals surface area contributed by atoms with Crippen molar-refractivity contribution in [1.82, 2.24) is 4.98 Å². The molecule has 1 heterocycles. The minimum atomic E-state index is 0.243. The van der Waals surface area contributed by atoms with Crippen molar-refractivity contribution in [3.05, 3.63) is 23.5 Å². The minimum Gasteiger partial charge on any atom is -0.396 e. The van der Waals surface area contributed by atoms with Crippen LogP contribution >= 0.6 is 0 Å². The van der Waals surface area contributed by atoms with Gasteiger partial charge in [0.15, 0.2) is 0 Å². The predicted molar refractivity (Wildman–Crippen MR) is 58.7 cm³/mol. The number of aliphatic hydroxyl groups excluding tert-OH is 1. The van der Waals surface area contributed by atoms with Crippen molar-refractivity contribution in [2.24, 2.45) is 0 Å². The Bertz CT molecular complexity index is 279. The van der Waals surface area contributed by atoms with Gasteiger partial charge in [0.2, 0.25) is 0 Å². The zero-order chi connectivity index (χ0) is 10.6. The van der Waals surface area contributed by atoms with Gasteiger partial charge < -0.3 is 10.0 Å². The van der Waals surface area contributed by atoms with E-state index in [4.69, 9.17) is 5.11 Å². The van der Waals surface area contributed by atoms with Crippen molar-refractivity contribution < 1.29 is 5.11 Å². The van der Waals surface area contributed by atoms with E-state index < -0.39 is 0 Å². The summed E-state index contributed by atoms with van der Waals surface area (Å²) in [6, 6.07) is 4.12. The van der Waals surface area contributed by atoms with E-state index >= 15 is 0 Å². The molecule has 0 saturated heterocycles. The van der Waals surface area contributed by atoms with Crippen molar-refractivity contribution in [2.45, 2.75) is 20.3 Å². The Balaban J connectivity index is 2.73. The Morgan fingerprint density at radius 3 is 2.36 bits per heavy atom. The number of hydrogen-bond acceptors (Lipinski definition) is 3. The van der Waals surface area contributed by atoms with E-state index in [0.717, 1.165) is 24.4 Å². The third kappa shape index (κ3) is 3.00. The van der Waals surface area contributed by atoms with Gasteiger partial charge in [-0.25, -0.2) is 0 Å². The topological polar surface area (TPSA) is 36.4 Å². The number of pyridine rings is 1. The Hall–Kier alpha value is -1.09. The van der Waals surface area contributed by atoms with Gasteiger partial charge in [0, 0.05) is 37.3 Å². The number of aryl methyl sites for hydroxylation is 2. The molecule has 3 nitrogen and oxygen atoms in total. The molecule has 78 valence electrons. The number of hydrogen-bond donors (Lipinski definition) is 1. The van der Waals surface area contributed by atoms with Gasteiger partial charge in [0.1, 0.15) is 0 Å². The third-order valence-corrected chi connectivity index (χ3v) is 2.16. The van der Waals surface area contributed by atoms with E-state index in [9.17, 15) is 0 Å². The van der Waals surface area contributed by atoms with Gasteiger partial charge in [-0.05, 0) is 32.4 Å². The Labute approximate surface area is 85.4 Å². The maximum absolute atomic E-state index is 8.73. The van der Waals surface area contributed by atoms with Crippen molar-refractivity contribution in [2.75, 3.05) is 25.1 Å². The van der Waals surface area contributed by atoms with Crippen molar-refractivity contribution in [3.8, 4) is 0 Å². The van der Waals surface area contributed by atoms with E-state index in [1.807, 2.05) is 20.9 Å². The highest BCUT2D eigenvalue weighted by Gasteiger charge is 2.02. The molecule has 0 aliphatic carbocycles. The number of anilines is 1.